The summed E-state index contributed by atoms with van der Waals surface area (Å²) in [7, 11) is 1.68. The number of aromatic nitrogens is 1. The summed E-state index contributed by atoms with van der Waals surface area (Å²) >= 11 is 0. The second-order valence-electron chi connectivity index (χ2n) is 11.4. The molecule has 1 aliphatic rings. The lowest BCUT2D eigenvalue weighted by Gasteiger charge is -2.38. The third-order valence-corrected chi connectivity index (χ3v) is 8.04. The van der Waals surface area contributed by atoms with Gasteiger partial charge in [-0.1, -0.05) is 54.5 Å². The van der Waals surface area contributed by atoms with Gasteiger partial charge in [-0.3, -0.25) is 4.79 Å². The molecule has 0 fully saturated rings. The predicted molar refractivity (Wildman–Crippen MR) is 172 cm³/mol. The number of urea groups is 2. The molecular formula is C33H38N6O6. The summed E-state index contributed by atoms with van der Waals surface area (Å²) in [6.45, 7) is 7.32. The lowest BCUT2D eigenvalue weighted by molar-refractivity contribution is 0.0373. The number of carbonyl (C=O) groups is 3. The number of aliphatic hydroxyl groups is 1. The monoisotopic (exact) mass is 614 g/mol. The van der Waals surface area contributed by atoms with Crippen LogP contribution >= 0.6 is 0 Å². The second-order valence-corrected chi connectivity index (χ2v) is 11.4. The number of rotatable bonds is 7. The van der Waals surface area contributed by atoms with Gasteiger partial charge in [0.25, 0.3) is 5.91 Å². The van der Waals surface area contributed by atoms with E-state index in [1.54, 1.807) is 50.9 Å². The summed E-state index contributed by atoms with van der Waals surface area (Å²) in [6.07, 6.45) is -0.581. The van der Waals surface area contributed by atoms with Crippen molar-refractivity contribution < 1.29 is 28.8 Å². The number of hydrogen-bond donors (Lipinski definition) is 4. The number of likely N-dealkylation sites (N-methyl/N-ethyl adjacent to an activating group) is 1. The smallest absolute Gasteiger partial charge is 0.323 e. The Morgan fingerprint density at radius 1 is 1.04 bits per heavy atom. The molecule has 12 heteroatoms. The zero-order chi connectivity index (χ0) is 32.2. The van der Waals surface area contributed by atoms with Crippen molar-refractivity contribution in [2.45, 2.75) is 39.8 Å². The highest BCUT2D eigenvalue weighted by atomic mass is 16.5. The Bertz CT molecular complexity index is 1700. The normalized spacial score (nSPS) is 17.0. The molecule has 45 heavy (non-hydrogen) atoms. The molecule has 236 valence electrons. The van der Waals surface area contributed by atoms with Crippen LogP contribution in [0.2, 0.25) is 0 Å². The topological polar surface area (TPSA) is 149 Å². The van der Waals surface area contributed by atoms with Gasteiger partial charge in [-0.05, 0) is 44.4 Å². The van der Waals surface area contributed by atoms with Crippen molar-refractivity contribution >= 4 is 45.8 Å². The van der Waals surface area contributed by atoms with Crippen molar-refractivity contribution in [3.63, 3.8) is 0 Å². The van der Waals surface area contributed by atoms with Crippen LogP contribution in [0.4, 0.5) is 26.7 Å². The van der Waals surface area contributed by atoms with Crippen LogP contribution in [0.15, 0.2) is 65.2 Å². The van der Waals surface area contributed by atoms with Crippen molar-refractivity contribution in [3.8, 4) is 5.75 Å². The lowest BCUT2D eigenvalue weighted by Crippen LogP contribution is -2.50. The van der Waals surface area contributed by atoms with E-state index in [0.29, 0.717) is 22.8 Å². The summed E-state index contributed by atoms with van der Waals surface area (Å²) in [6, 6.07) is 17.1. The highest BCUT2D eigenvalue weighted by molar-refractivity contribution is 6.05. The fraction of sp³-hybridized carbons (Fsp3) is 0.333. The zero-order valence-corrected chi connectivity index (χ0v) is 26.0. The Morgan fingerprint density at radius 3 is 2.49 bits per heavy atom. The summed E-state index contributed by atoms with van der Waals surface area (Å²) in [5.74, 6) is 0.0255. The van der Waals surface area contributed by atoms with Gasteiger partial charge >= 0.3 is 12.1 Å². The van der Waals surface area contributed by atoms with Crippen molar-refractivity contribution in [1.82, 2.24) is 15.0 Å². The van der Waals surface area contributed by atoms with E-state index in [9.17, 15) is 19.5 Å². The molecule has 1 aromatic heterocycles. The maximum Gasteiger partial charge on any atom is 0.323 e. The van der Waals surface area contributed by atoms with Gasteiger partial charge in [0.2, 0.25) is 0 Å². The molecule has 1 aliphatic heterocycles. The standard InChI is InChI=1S/C33H38N6O6/c1-19-16-39(20(2)18-40)31(41)25-13-9-15-27(34-32(42)36-29-21(3)37-45-22(29)4)30(25)44-28(19)17-38(5)33(43)35-26-14-8-11-23-10-6-7-12-24(23)26/h6-15,19-20,28,40H,16-18H2,1-5H3,(H,35,43)(H2,34,36,42)/t19-,20-,28-/m1/s1. The molecule has 0 spiro atoms. The van der Waals surface area contributed by atoms with Crippen LogP contribution in [0.1, 0.15) is 35.7 Å². The summed E-state index contributed by atoms with van der Waals surface area (Å²) in [5, 5.41) is 24.3. The van der Waals surface area contributed by atoms with E-state index in [1.165, 1.54) is 4.90 Å². The molecule has 3 atom stereocenters. The van der Waals surface area contributed by atoms with Crippen molar-refractivity contribution in [3.05, 3.63) is 77.7 Å². The summed E-state index contributed by atoms with van der Waals surface area (Å²) in [4.78, 5) is 43.4. The molecule has 3 aromatic carbocycles. The van der Waals surface area contributed by atoms with Gasteiger partial charge in [0, 0.05) is 24.9 Å². The van der Waals surface area contributed by atoms with Crippen LogP contribution < -0.4 is 20.7 Å². The number of fused-ring (bicyclic) bond motifs is 2. The zero-order valence-electron chi connectivity index (χ0n) is 26.0. The van der Waals surface area contributed by atoms with Gasteiger partial charge in [-0.25, -0.2) is 9.59 Å². The molecular weight excluding hydrogens is 576 g/mol. The molecule has 12 nitrogen and oxygen atoms in total. The SMILES string of the molecule is Cc1noc(C)c1NC(=O)Nc1cccc2c1O[C@H](CN(C)C(=O)Nc1cccc3ccccc13)[C@H](C)CN([C@H](C)CO)C2=O. The molecule has 0 saturated heterocycles. The molecule has 5 amide bonds. The summed E-state index contributed by atoms with van der Waals surface area (Å²) in [5.41, 5.74) is 2.14. The first-order chi connectivity index (χ1) is 21.6. The Hall–Kier alpha value is -5.10. The number of aliphatic hydroxyl groups excluding tert-OH is 1. The van der Waals surface area contributed by atoms with E-state index in [-0.39, 0.29) is 54.6 Å². The summed E-state index contributed by atoms with van der Waals surface area (Å²) < 4.78 is 11.7. The van der Waals surface area contributed by atoms with Crippen LogP contribution in [-0.2, 0) is 0 Å². The first-order valence-electron chi connectivity index (χ1n) is 14.8. The Labute approximate surface area is 261 Å². The Balaban J connectivity index is 1.42. The average molecular weight is 615 g/mol. The minimum Gasteiger partial charge on any atom is -0.485 e. The van der Waals surface area contributed by atoms with Gasteiger partial charge in [0.1, 0.15) is 17.5 Å². The number of anilines is 3. The second kappa shape index (κ2) is 13.3. The molecule has 5 rings (SSSR count). The van der Waals surface area contributed by atoms with Crippen LogP contribution in [0.3, 0.4) is 0 Å². The fourth-order valence-corrected chi connectivity index (χ4v) is 5.39. The van der Waals surface area contributed by atoms with Crippen molar-refractivity contribution in [2.24, 2.45) is 5.92 Å². The van der Waals surface area contributed by atoms with Gasteiger partial charge in [0.05, 0.1) is 36.1 Å². The van der Waals surface area contributed by atoms with E-state index < -0.39 is 18.2 Å². The first kappa shape index (κ1) is 31.3. The van der Waals surface area contributed by atoms with E-state index in [2.05, 4.69) is 21.1 Å². The number of nitrogens with zero attached hydrogens (tertiary/aromatic N) is 3. The first-order valence-corrected chi connectivity index (χ1v) is 14.8. The molecule has 0 aliphatic carbocycles. The van der Waals surface area contributed by atoms with E-state index >= 15 is 0 Å². The van der Waals surface area contributed by atoms with Gasteiger partial charge < -0.3 is 40.1 Å². The number of aryl methyl sites for hydroxylation is 2. The number of para-hydroxylation sites is 1. The van der Waals surface area contributed by atoms with Gasteiger partial charge in [0.15, 0.2) is 11.5 Å². The number of hydrogen-bond acceptors (Lipinski definition) is 7. The molecule has 0 radical (unpaired) electrons. The molecule has 4 N–H and O–H groups in total. The fourth-order valence-electron chi connectivity index (χ4n) is 5.39. The maximum absolute atomic E-state index is 13.8. The predicted octanol–water partition coefficient (Wildman–Crippen LogP) is 5.47. The highest BCUT2D eigenvalue weighted by Gasteiger charge is 2.35. The molecule has 0 unspecified atom stereocenters. The van der Waals surface area contributed by atoms with E-state index in [1.807, 2.05) is 49.4 Å². The minimum atomic E-state index is -0.581. The third-order valence-electron chi connectivity index (χ3n) is 8.04. The third kappa shape index (κ3) is 6.70. The number of amides is 5. The van der Waals surface area contributed by atoms with E-state index in [4.69, 9.17) is 9.26 Å². The van der Waals surface area contributed by atoms with Crippen LogP contribution in [0.5, 0.6) is 5.75 Å². The van der Waals surface area contributed by atoms with Gasteiger partial charge in [-0.2, -0.15) is 0 Å². The average Bonchev–Trinajstić information content (AvgIpc) is 3.34. The number of carbonyl (C=O) groups excluding carboxylic acids is 3. The Kier molecular flexibility index (Phi) is 9.24. The van der Waals surface area contributed by atoms with E-state index in [0.717, 1.165) is 10.8 Å². The quantitative estimate of drug-likeness (QED) is 0.216. The van der Waals surface area contributed by atoms with Gasteiger partial charge in [-0.15, -0.1) is 0 Å². The van der Waals surface area contributed by atoms with Crippen LogP contribution in [-0.4, -0.2) is 76.9 Å². The molecule has 4 aromatic rings. The molecule has 0 saturated carbocycles. The number of benzene rings is 3. The van der Waals surface area contributed by atoms with Crippen LogP contribution in [0, 0.1) is 19.8 Å². The van der Waals surface area contributed by atoms with Crippen LogP contribution in [0.25, 0.3) is 10.8 Å². The molecule has 2 heterocycles. The largest absolute Gasteiger partial charge is 0.485 e. The Morgan fingerprint density at radius 2 is 1.76 bits per heavy atom. The van der Waals surface area contributed by atoms with Crippen molar-refractivity contribution in [2.75, 3.05) is 42.7 Å². The number of nitrogens with one attached hydrogen (secondary N) is 3. The lowest BCUT2D eigenvalue weighted by atomic mass is 9.99. The minimum absolute atomic E-state index is 0.172. The van der Waals surface area contributed by atoms with Crippen molar-refractivity contribution in [1.29, 1.82) is 0 Å². The number of ether oxygens (including phenoxy) is 1. The maximum atomic E-state index is 13.8. The molecule has 0 bridgehead atoms. The highest BCUT2D eigenvalue weighted by Crippen LogP contribution is 2.35.